The molecule has 17 heavy (non-hydrogen) atoms. The second-order valence-electron chi connectivity index (χ2n) is 3.97. The van der Waals surface area contributed by atoms with E-state index in [4.69, 9.17) is 9.52 Å². The van der Waals surface area contributed by atoms with Gasteiger partial charge in [0.1, 0.15) is 11.5 Å². The van der Waals surface area contributed by atoms with Gasteiger partial charge in [0.25, 0.3) is 0 Å². The summed E-state index contributed by atoms with van der Waals surface area (Å²) in [6.45, 7) is 2.40. The lowest BCUT2D eigenvalue weighted by Crippen LogP contribution is -2.29. The predicted octanol–water partition coefficient (Wildman–Crippen LogP) is 1.45. The Morgan fingerprint density at radius 2 is 2.06 bits per heavy atom. The van der Waals surface area contributed by atoms with E-state index in [9.17, 15) is 9.59 Å². The minimum atomic E-state index is -0.951. The number of carbonyl (C=O) groups is 2. The summed E-state index contributed by atoms with van der Waals surface area (Å²) in [5.74, 6) is 0.573. The van der Waals surface area contributed by atoms with Crippen LogP contribution in [-0.2, 0) is 16.0 Å². The van der Waals surface area contributed by atoms with E-state index < -0.39 is 5.97 Å². The monoisotopic (exact) mass is 239 g/mol. The van der Waals surface area contributed by atoms with E-state index in [-0.39, 0.29) is 18.7 Å². The van der Waals surface area contributed by atoms with Crippen LogP contribution in [0.4, 0.5) is 0 Å². The molecule has 0 bridgehead atoms. The van der Waals surface area contributed by atoms with E-state index in [0.717, 1.165) is 11.5 Å². The zero-order valence-electron chi connectivity index (χ0n) is 10.1. The number of furan rings is 1. The lowest BCUT2D eigenvalue weighted by molar-refractivity contribution is -0.140. The zero-order valence-corrected chi connectivity index (χ0v) is 10.1. The molecule has 0 spiro atoms. The number of carboxylic acids is 1. The Kier molecular flexibility index (Phi) is 4.75. The summed E-state index contributed by atoms with van der Waals surface area (Å²) in [4.78, 5) is 23.4. The number of carbonyl (C=O) groups excluding carboxylic acids is 1. The van der Waals surface area contributed by atoms with Gasteiger partial charge in [0.05, 0.1) is 6.42 Å². The van der Waals surface area contributed by atoms with Crippen LogP contribution >= 0.6 is 0 Å². The van der Waals surface area contributed by atoms with Gasteiger partial charge in [-0.1, -0.05) is 0 Å². The molecule has 94 valence electrons. The number of nitrogens with zero attached hydrogens (tertiary/aromatic N) is 1. The molecule has 0 aliphatic carbocycles. The summed E-state index contributed by atoms with van der Waals surface area (Å²) in [6.07, 6.45) is 0.565. The van der Waals surface area contributed by atoms with Crippen LogP contribution in [-0.4, -0.2) is 35.5 Å². The Labute approximate surface area is 100 Å². The molecule has 1 amide bonds. The molecule has 1 heterocycles. The Balaban J connectivity index is 2.31. The van der Waals surface area contributed by atoms with Gasteiger partial charge in [-0.3, -0.25) is 9.59 Å². The van der Waals surface area contributed by atoms with E-state index in [0.29, 0.717) is 13.0 Å². The van der Waals surface area contributed by atoms with Crippen molar-refractivity contribution in [3.05, 3.63) is 23.7 Å². The van der Waals surface area contributed by atoms with Gasteiger partial charge in [-0.2, -0.15) is 0 Å². The number of amides is 1. The molecule has 0 saturated carbocycles. The highest BCUT2D eigenvalue weighted by Gasteiger charge is 2.11. The molecule has 0 aromatic carbocycles. The topological polar surface area (TPSA) is 70.8 Å². The normalized spacial score (nSPS) is 10.2. The van der Waals surface area contributed by atoms with Gasteiger partial charge in [0, 0.05) is 26.4 Å². The highest BCUT2D eigenvalue weighted by molar-refractivity contribution is 5.80. The van der Waals surface area contributed by atoms with Crippen molar-refractivity contribution >= 4 is 11.9 Å². The zero-order chi connectivity index (χ0) is 12.8. The number of rotatable bonds is 6. The Morgan fingerprint density at radius 3 is 2.59 bits per heavy atom. The van der Waals surface area contributed by atoms with Gasteiger partial charge in [-0.25, -0.2) is 0 Å². The van der Waals surface area contributed by atoms with Crippen molar-refractivity contribution in [3.8, 4) is 0 Å². The number of likely N-dealkylation sites (N-methyl/N-ethyl adjacent to an activating group) is 1. The van der Waals surface area contributed by atoms with E-state index in [1.54, 1.807) is 7.05 Å². The highest BCUT2D eigenvalue weighted by Crippen LogP contribution is 2.07. The van der Waals surface area contributed by atoms with Gasteiger partial charge < -0.3 is 14.4 Å². The minimum absolute atomic E-state index is 0.0447. The molecule has 0 fully saturated rings. The fourth-order valence-corrected chi connectivity index (χ4v) is 1.43. The third-order valence-electron chi connectivity index (χ3n) is 2.47. The van der Waals surface area contributed by atoms with Crippen molar-refractivity contribution in [1.82, 2.24) is 4.90 Å². The standard InChI is InChI=1S/C12H17NO4/c1-9-3-4-10(17-9)7-8-13(2)11(14)5-6-12(15)16/h3-4H,5-8H2,1-2H3,(H,15,16). The summed E-state index contributed by atoms with van der Waals surface area (Å²) < 4.78 is 5.38. The summed E-state index contributed by atoms with van der Waals surface area (Å²) in [5.41, 5.74) is 0. The molecule has 0 unspecified atom stereocenters. The molecule has 1 N–H and O–H groups in total. The smallest absolute Gasteiger partial charge is 0.303 e. The summed E-state index contributed by atoms with van der Waals surface area (Å²) >= 11 is 0. The van der Waals surface area contributed by atoms with Crippen LogP contribution < -0.4 is 0 Å². The number of aryl methyl sites for hydroxylation is 1. The maximum absolute atomic E-state index is 11.5. The van der Waals surface area contributed by atoms with Crippen LogP contribution in [0.1, 0.15) is 24.4 Å². The van der Waals surface area contributed by atoms with Crippen molar-refractivity contribution in [2.24, 2.45) is 0 Å². The second kappa shape index (κ2) is 6.08. The fraction of sp³-hybridized carbons (Fsp3) is 0.500. The molecule has 0 aliphatic rings. The van der Waals surface area contributed by atoms with Gasteiger partial charge in [0.2, 0.25) is 5.91 Å². The largest absolute Gasteiger partial charge is 0.481 e. The van der Waals surface area contributed by atoms with Crippen molar-refractivity contribution in [3.63, 3.8) is 0 Å². The van der Waals surface area contributed by atoms with Crippen LogP contribution in [0.5, 0.6) is 0 Å². The predicted molar refractivity (Wildman–Crippen MR) is 61.7 cm³/mol. The lowest BCUT2D eigenvalue weighted by Gasteiger charge is -2.15. The molecule has 0 atom stereocenters. The third kappa shape index (κ3) is 4.72. The number of hydrogen-bond acceptors (Lipinski definition) is 3. The number of carboxylic acid groups (broad SMARTS) is 1. The Bertz CT molecular complexity index is 397. The molecule has 0 aliphatic heterocycles. The van der Waals surface area contributed by atoms with Crippen molar-refractivity contribution in [2.45, 2.75) is 26.2 Å². The third-order valence-corrected chi connectivity index (χ3v) is 2.47. The maximum Gasteiger partial charge on any atom is 0.303 e. The van der Waals surface area contributed by atoms with E-state index in [1.807, 2.05) is 19.1 Å². The SMILES string of the molecule is Cc1ccc(CCN(C)C(=O)CCC(=O)O)o1. The average Bonchev–Trinajstić information content (AvgIpc) is 2.68. The van der Waals surface area contributed by atoms with E-state index in [1.165, 1.54) is 4.90 Å². The van der Waals surface area contributed by atoms with Crippen molar-refractivity contribution in [2.75, 3.05) is 13.6 Å². The molecule has 0 saturated heterocycles. The highest BCUT2D eigenvalue weighted by atomic mass is 16.4. The van der Waals surface area contributed by atoms with Gasteiger partial charge >= 0.3 is 5.97 Å². The first-order valence-corrected chi connectivity index (χ1v) is 5.50. The van der Waals surface area contributed by atoms with E-state index in [2.05, 4.69) is 0 Å². The summed E-state index contributed by atoms with van der Waals surface area (Å²) in [6, 6.07) is 3.76. The van der Waals surface area contributed by atoms with Gasteiger partial charge in [-0.15, -0.1) is 0 Å². The molecular weight excluding hydrogens is 222 g/mol. The van der Waals surface area contributed by atoms with Crippen LogP contribution in [0.2, 0.25) is 0 Å². The minimum Gasteiger partial charge on any atom is -0.481 e. The molecule has 5 heteroatoms. The van der Waals surface area contributed by atoms with Gasteiger partial charge in [-0.05, 0) is 19.1 Å². The fourth-order valence-electron chi connectivity index (χ4n) is 1.43. The molecular formula is C12H17NO4. The maximum atomic E-state index is 11.5. The first kappa shape index (κ1) is 13.3. The van der Waals surface area contributed by atoms with Crippen LogP contribution in [0, 0.1) is 6.92 Å². The van der Waals surface area contributed by atoms with Crippen LogP contribution in [0.3, 0.4) is 0 Å². The molecule has 1 aromatic rings. The molecule has 1 aromatic heterocycles. The van der Waals surface area contributed by atoms with E-state index >= 15 is 0 Å². The Morgan fingerprint density at radius 1 is 1.35 bits per heavy atom. The summed E-state index contributed by atoms with van der Waals surface area (Å²) in [7, 11) is 1.67. The number of aliphatic carboxylic acids is 1. The molecule has 0 radical (unpaired) electrons. The Hall–Kier alpha value is -1.78. The first-order valence-electron chi connectivity index (χ1n) is 5.50. The van der Waals surface area contributed by atoms with Crippen molar-refractivity contribution in [1.29, 1.82) is 0 Å². The van der Waals surface area contributed by atoms with Crippen LogP contribution in [0.25, 0.3) is 0 Å². The first-order chi connectivity index (χ1) is 7.99. The number of hydrogen-bond donors (Lipinski definition) is 1. The molecule has 5 nitrogen and oxygen atoms in total. The lowest BCUT2D eigenvalue weighted by atomic mass is 10.2. The quantitative estimate of drug-likeness (QED) is 0.815. The molecule has 1 rings (SSSR count). The average molecular weight is 239 g/mol. The van der Waals surface area contributed by atoms with Crippen LogP contribution in [0.15, 0.2) is 16.5 Å². The summed E-state index contributed by atoms with van der Waals surface area (Å²) in [5, 5.41) is 8.47. The van der Waals surface area contributed by atoms with Gasteiger partial charge in [0.15, 0.2) is 0 Å². The second-order valence-corrected chi connectivity index (χ2v) is 3.97. The van der Waals surface area contributed by atoms with Crippen molar-refractivity contribution < 1.29 is 19.1 Å².